The third-order valence-corrected chi connectivity index (χ3v) is 6.69. The quantitative estimate of drug-likeness (QED) is 0.460. The SMILES string of the molecule is COc1ccc(CNC(=O)CN2CCc3cc(OC)ccc3C2Cc2ccc(OC)c(OC)c2)cc1. The highest BCUT2D eigenvalue weighted by atomic mass is 16.5. The van der Waals surface area contributed by atoms with E-state index in [1.165, 1.54) is 11.1 Å². The number of amides is 1. The van der Waals surface area contributed by atoms with Gasteiger partial charge in [-0.15, -0.1) is 0 Å². The monoisotopic (exact) mass is 490 g/mol. The van der Waals surface area contributed by atoms with Gasteiger partial charge in [-0.25, -0.2) is 0 Å². The lowest BCUT2D eigenvalue weighted by atomic mass is 9.88. The summed E-state index contributed by atoms with van der Waals surface area (Å²) in [5.74, 6) is 3.05. The lowest BCUT2D eigenvalue weighted by molar-refractivity contribution is -0.123. The van der Waals surface area contributed by atoms with Crippen molar-refractivity contribution in [2.75, 3.05) is 41.5 Å². The summed E-state index contributed by atoms with van der Waals surface area (Å²) >= 11 is 0. The van der Waals surface area contributed by atoms with Gasteiger partial charge in [0, 0.05) is 19.1 Å². The predicted molar refractivity (Wildman–Crippen MR) is 139 cm³/mol. The summed E-state index contributed by atoms with van der Waals surface area (Å²) in [6, 6.07) is 20.0. The van der Waals surface area contributed by atoms with Crippen LogP contribution < -0.4 is 24.3 Å². The number of ether oxygens (including phenoxy) is 4. The van der Waals surface area contributed by atoms with Crippen molar-refractivity contribution in [2.24, 2.45) is 0 Å². The molecule has 0 fully saturated rings. The summed E-state index contributed by atoms with van der Waals surface area (Å²) in [6.45, 7) is 1.58. The third kappa shape index (κ3) is 5.91. The highest BCUT2D eigenvalue weighted by Gasteiger charge is 2.29. The Balaban J connectivity index is 1.52. The van der Waals surface area contributed by atoms with Crippen LogP contribution in [-0.2, 0) is 24.2 Å². The van der Waals surface area contributed by atoms with Gasteiger partial charge >= 0.3 is 0 Å². The maximum atomic E-state index is 13.0. The molecule has 0 saturated carbocycles. The van der Waals surface area contributed by atoms with Crippen molar-refractivity contribution in [2.45, 2.75) is 25.4 Å². The topological polar surface area (TPSA) is 69.3 Å². The smallest absolute Gasteiger partial charge is 0.234 e. The molecule has 1 amide bonds. The fraction of sp³-hybridized carbons (Fsp3) is 0.345. The fourth-order valence-corrected chi connectivity index (χ4v) is 4.71. The number of hydrogen-bond acceptors (Lipinski definition) is 6. The maximum Gasteiger partial charge on any atom is 0.234 e. The standard InChI is InChI=1S/C29H34N2O5/c1-33-23-8-5-20(6-9-23)18-30-29(32)19-31-14-13-22-17-24(34-2)10-11-25(22)26(31)15-21-7-12-27(35-3)28(16-21)36-4/h5-12,16-17,26H,13-15,18-19H2,1-4H3,(H,30,32). The molecule has 1 aliphatic rings. The zero-order valence-electron chi connectivity index (χ0n) is 21.4. The van der Waals surface area contributed by atoms with E-state index in [1.807, 2.05) is 42.5 Å². The summed E-state index contributed by atoms with van der Waals surface area (Å²) < 4.78 is 21.6. The predicted octanol–water partition coefficient (Wildman–Crippen LogP) is 4.18. The van der Waals surface area contributed by atoms with E-state index in [-0.39, 0.29) is 11.9 Å². The molecule has 0 saturated heterocycles. The van der Waals surface area contributed by atoms with E-state index in [4.69, 9.17) is 18.9 Å². The van der Waals surface area contributed by atoms with Gasteiger partial charge in [-0.2, -0.15) is 0 Å². The Morgan fingerprint density at radius 2 is 1.53 bits per heavy atom. The van der Waals surface area contributed by atoms with Crippen molar-refractivity contribution in [3.05, 3.63) is 82.9 Å². The van der Waals surface area contributed by atoms with Crippen molar-refractivity contribution >= 4 is 5.91 Å². The van der Waals surface area contributed by atoms with Crippen LogP contribution in [0, 0.1) is 0 Å². The number of nitrogens with zero attached hydrogens (tertiary/aromatic N) is 1. The van der Waals surface area contributed by atoms with E-state index in [9.17, 15) is 4.79 Å². The van der Waals surface area contributed by atoms with Gasteiger partial charge in [0.25, 0.3) is 0 Å². The third-order valence-electron chi connectivity index (χ3n) is 6.69. The molecule has 7 nitrogen and oxygen atoms in total. The van der Waals surface area contributed by atoms with Crippen LogP contribution in [0.3, 0.4) is 0 Å². The van der Waals surface area contributed by atoms with Crippen molar-refractivity contribution in [3.63, 3.8) is 0 Å². The molecule has 3 aromatic rings. The van der Waals surface area contributed by atoms with Gasteiger partial charge in [0.1, 0.15) is 11.5 Å². The fourth-order valence-electron chi connectivity index (χ4n) is 4.71. The van der Waals surface area contributed by atoms with Gasteiger partial charge in [-0.3, -0.25) is 9.69 Å². The number of nitrogens with one attached hydrogen (secondary N) is 1. The summed E-state index contributed by atoms with van der Waals surface area (Å²) in [5.41, 5.74) is 4.63. The van der Waals surface area contributed by atoms with Gasteiger partial charge in [0.05, 0.1) is 35.0 Å². The molecular weight excluding hydrogens is 456 g/mol. The van der Waals surface area contributed by atoms with Gasteiger partial charge in [0.15, 0.2) is 11.5 Å². The van der Waals surface area contributed by atoms with Crippen LogP contribution in [0.5, 0.6) is 23.0 Å². The van der Waals surface area contributed by atoms with Crippen molar-refractivity contribution in [1.29, 1.82) is 0 Å². The highest BCUT2D eigenvalue weighted by molar-refractivity contribution is 5.78. The average molecular weight is 491 g/mol. The van der Waals surface area contributed by atoms with Crippen molar-refractivity contribution < 1.29 is 23.7 Å². The molecule has 190 valence electrons. The molecule has 0 bridgehead atoms. The first-order chi connectivity index (χ1) is 17.5. The second-order valence-electron chi connectivity index (χ2n) is 8.82. The zero-order valence-corrected chi connectivity index (χ0v) is 21.4. The summed E-state index contributed by atoms with van der Waals surface area (Å²) in [7, 11) is 6.60. The second-order valence-corrected chi connectivity index (χ2v) is 8.82. The van der Waals surface area contributed by atoms with Crippen LogP contribution in [0.25, 0.3) is 0 Å². The normalized spacial score (nSPS) is 15.1. The molecule has 1 heterocycles. The van der Waals surface area contributed by atoms with Gasteiger partial charge < -0.3 is 24.3 Å². The Hall–Kier alpha value is -3.71. The summed E-state index contributed by atoms with van der Waals surface area (Å²) in [6.07, 6.45) is 1.60. The number of rotatable bonds is 10. The van der Waals surface area contributed by atoms with Crippen LogP contribution in [0.15, 0.2) is 60.7 Å². The summed E-state index contributed by atoms with van der Waals surface area (Å²) in [4.78, 5) is 15.2. The van der Waals surface area contributed by atoms with Crippen LogP contribution in [-0.4, -0.2) is 52.3 Å². The molecule has 3 aromatic carbocycles. The number of methoxy groups -OCH3 is 4. The van der Waals surface area contributed by atoms with Gasteiger partial charge in [-0.05, 0) is 71.5 Å². The first kappa shape index (κ1) is 25.4. The molecule has 1 aliphatic heterocycles. The Morgan fingerprint density at radius 3 is 2.22 bits per heavy atom. The molecule has 36 heavy (non-hydrogen) atoms. The number of benzene rings is 3. The Bertz CT molecular complexity index is 1180. The van der Waals surface area contributed by atoms with Gasteiger partial charge in [0.2, 0.25) is 5.91 Å². The largest absolute Gasteiger partial charge is 0.497 e. The number of hydrogen-bond donors (Lipinski definition) is 1. The Morgan fingerprint density at radius 1 is 0.833 bits per heavy atom. The minimum absolute atomic E-state index is 0.0000844. The van der Waals surface area contributed by atoms with E-state index in [0.29, 0.717) is 24.6 Å². The number of fused-ring (bicyclic) bond motifs is 1. The van der Waals surface area contributed by atoms with Gasteiger partial charge in [-0.1, -0.05) is 24.3 Å². The highest BCUT2D eigenvalue weighted by Crippen LogP contribution is 2.36. The lowest BCUT2D eigenvalue weighted by Crippen LogP contribution is -2.43. The number of carbonyl (C=O) groups excluding carboxylic acids is 1. The van der Waals surface area contributed by atoms with Crippen LogP contribution in [0.4, 0.5) is 0 Å². The number of carbonyl (C=O) groups is 1. The first-order valence-electron chi connectivity index (χ1n) is 12.1. The van der Waals surface area contributed by atoms with Crippen LogP contribution in [0.1, 0.15) is 28.3 Å². The molecule has 0 spiro atoms. The first-order valence-corrected chi connectivity index (χ1v) is 12.1. The minimum Gasteiger partial charge on any atom is -0.497 e. The van der Waals surface area contributed by atoms with Crippen molar-refractivity contribution in [3.8, 4) is 23.0 Å². The Labute approximate surface area is 212 Å². The molecule has 0 radical (unpaired) electrons. The second kappa shape index (κ2) is 11.8. The molecule has 1 unspecified atom stereocenters. The molecule has 1 N–H and O–H groups in total. The molecule has 7 heteroatoms. The maximum absolute atomic E-state index is 13.0. The molecule has 1 atom stereocenters. The lowest BCUT2D eigenvalue weighted by Gasteiger charge is -2.37. The van der Waals surface area contributed by atoms with Crippen LogP contribution in [0.2, 0.25) is 0 Å². The van der Waals surface area contributed by atoms with Crippen LogP contribution >= 0.6 is 0 Å². The van der Waals surface area contributed by atoms with E-state index in [0.717, 1.165) is 42.0 Å². The molecular formula is C29H34N2O5. The Kier molecular flexibility index (Phi) is 8.33. The van der Waals surface area contributed by atoms with E-state index < -0.39 is 0 Å². The average Bonchev–Trinajstić information content (AvgIpc) is 2.92. The van der Waals surface area contributed by atoms with E-state index in [1.54, 1.807) is 28.4 Å². The molecule has 0 aliphatic carbocycles. The summed E-state index contributed by atoms with van der Waals surface area (Å²) in [5, 5.41) is 3.07. The van der Waals surface area contributed by atoms with E-state index >= 15 is 0 Å². The molecule has 4 rings (SSSR count). The van der Waals surface area contributed by atoms with Crippen molar-refractivity contribution in [1.82, 2.24) is 10.2 Å². The zero-order chi connectivity index (χ0) is 25.5. The molecule has 0 aromatic heterocycles. The minimum atomic E-state index is 0.0000844. The van der Waals surface area contributed by atoms with E-state index in [2.05, 4.69) is 28.4 Å².